The Kier molecular flexibility index (Phi) is 3.84. The molecule has 0 bridgehead atoms. The van der Waals surface area contributed by atoms with Crippen LogP contribution in [0.4, 0.5) is 0 Å². The highest BCUT2D eigenvalue weighted by molar-refractivity contribution is 5.15. The van der Waals surface area contributed by atoms with Gasteiger partial charge >= 0.3 is 0 Å². The van der Waals surface area contributed by atoms with Gasteiger partial charge in [0.1, 0.15) is 0 Å². The fourth-order valence-corrected chi connectivity index (χ4v) is 2.03. The molecule has 70 valence electrons. The molecule has 0 spiro atoms. The molecule has 0 radical (unpaired) electrons. The average Bonchev–Trinajstić information content (AvgIpc) is 2.17. The SMILES string of the molecule is CCC(C)C(C)=C1CCCCC1. The molecule has 1 unspecified atom stereocenters. The van der Waals surface area contributed by atoms with Crippen LogP contribution in [-0.2, 0) is 0 Å². The van der Waals surface area contributed by atoms with E-state index in [4.69, 9.17) is 0 Å². The second-order valence-corrected chi connectivity index (χ2v) is 4.16. The molecule has 1 fully saturated rings. The van der Waals surface area contributed by atoms with Crippen molar-refractivity contribution in [3.63, 3.8) is 0 Å². The van der Waals surface area contributed by atoms with Gasteiger partial charge in [0, 0.05) is 0 Å². The first kappa shape index (κ1) is 9.83. The van der Waals surface area contributed by atoms with Crippen LogP contribution in [0.15, 0.2) is 11.1 Å². The van der Waals surface area contributed by atoms with E-state index in [2.05, 4.69) is 20.8 Å². The summed E-state index contributed by atoms with van der Waals surface area (Å²) in [6.45, 7) is 6.99. The smallest absolute Gasteiger partial charge is 0.0234 e. The Labute approximate surface area is 77.1 Å². The molecule has 1 rings (SSSR count). The van der Waals surface area contributed by atoms with Crippen LogP contribution in [-0.4, -0.2) is 0 Å². The summed E-state index contributed by atoms with van der Waals surface area (Å²) in [7, 11) is 0. The van der Waals surface area contributed by atoms with Crippen molar-refractivity contribution >= 4 is 0 Å². The second kappa shape index (κ2) is 4.69. The number of hydrogen-bond acceptors (Lipinski definition) is 0. The van der Waals surface area contributed by atoms with Crippen molar-refractivity contribution in [3.05, 3.63) is 11.1 Å². The minimum absolute atomic E-state index is 0.818. The first-order valence-corrected chi connectivity index (χ1v) is 5.44. The van der Waals surface area contributed by atoms with Crippen molar-refractivity contribution in [2.75, 3.05) is 0 Å². The quantitative estimate of drug-likeness (QED) is 0.536. The number of allylic oxidation sites excluding steroid dienone is 2. The van der Waals surface area contributed by atoms with Gasteiger partial charge in [-0.1, -0.05) is 31.4 Å². The summed E-state index contributed by atoms with van der Waals surface area (Å²) < 4.78 is 0. The molecule has 0 saturated heterocycles. The monoisotopic (exact) mass is 166 g/mol. The van der Waals surface area contributed by atoms with Gasteiger partial charge in [-0.2, -0.15) is 0 Å². The summed E-state index contributed by atoms with van der Waals surface area (Å²) in [6.07, 6.45) is 8.39. The van der Waals surface area contributed by atoms with Gasteiger partial charge < -0.3 is 0 Å². The van der Waals surface area contributed by atoms with Gasteiger partial charge in [0.05, 0.1) is 0 Å². The molecule has 1 saturated carbocycles. The Morgan fingerprint density at radius 3 is 2.33 bits per heavy atom. The Hall–Kier alpha value is -0.260. The predicted octanol–water partition coefficient (Wildman–Crippen LogP) is 4.31. The van der Waals surface area contributed by atoms with E-state index in [0.717, 1.165) is 5.92 Å². The Bertz CT molecular complexity index is 157. The molecule has 0 aliphatic heterocycles. The van der Waals surface area contributed by atoms with Crippen LogP contribution >= 0.6 is 0 Å². The molecule has 0 heterocycles. The van der Waals surface area contributed by atoms with E-state index in [1.54, 1.807) is 11.1 Å². The topological polar surface area (TPSA) is 0 Å². The van der Waals surface area contributed by atoms with Crippen LogP contribution in [0, 0.1) is 5.92 Å². The van der Waals surface area contributed by atoms with E-state index < -0.39 is 0 Å². The molecular formula is C12H22. The summed E-state index contributed by atoms with van der Waals surface area (Å²) in [4.78, 5) is 0. The molecule has 0 aromatic rings. The maximum atomic E-state index is 2.36. The highest BCUT2D eigenvalue weighted by Gasteiger charge is 2.11. The molecule has 0 amide bonds. The van der Waals surface area contributed by atoms with Gasteiger partial charge in [-0.25, -0.2) is 0 Å². The zero-order chi connectivity index (χ0) is 8.97. The molecule has 0 aromatic carbocycles. The lowest BCUT2D eigenvalue weighted by atomic mass is 9.86. The molecule has 0 nitrogen and oxygen atoms in total. The van der Waals surface area contributed by atoms with E-state index in [1.165, 1.54) is 38.5 Å². The summed E-state index contributed by atoms with van der Waals surface area (Å²) in [5, 5.41) is 0. The van der Waals surface area contributed by atoms with Gasteiger partial charge in [-0.15, -0.1) is 0 Å². The van der Waals surface area contributed by atoms with E-state index in [-0.39, 0.29) is 0 Å². The fourth-order valence-electron chi connectivity index (χ4n) is 2.03. The molecular weight excluding hydrogens is 144 g/mol. The zero-order valence-corrected chi connectivity index (χ0v) is 8.82. The molecule has 1 aliphatic rings. The highest BCUT2D eigenvalue weighted by Crippen LogP contribution is 2.29. The summed E-state index contributed by atoms with van der Waals surface area (Å²) in [5.41, 5.74) is 3.47. The van der Waals surface area contributed by atoms with Gasteiger partial charge in [-0.05, 0) is 44.9 Å². The molecule has 0 aromatic heterocycles. The molecule has 1 atom stereocenters. The van der Waals surface area contributed by atoms with Crippen molar-refractivity contribution in [1.29, 1.82) is 0 Å². The van der Waals surface area contributed by atoms with Crippen molar-refractivity contribution in [3.8, 4) is 0 Å². The summed E-state index contributed by atoms with van der Waals surface area (Å²) in [5.74, 6) is 0.818. The van der Waals surface area contributed by atoms with Crippen LogP contribution in [0.3, 0.4) is 0 Å². The second-order valence-electron chi connectivity index (χ2n) is 4.16. The summed E-state index contributed by atoms with van der Waals surface area (Å²) in [6, 6.07) is 0. The van der Waals surface area contributed by atoms with E-state index in [9.17, 15) is 0 Å². The lowest BCUT2D eigenvalue weighted by molar-refractivity contribution is 0.565. The van der Waals surface area contributed by atoms with E-state index in [1.807, 2.05) is 0 Å². The normalized spacial score (nSPS) is 20.8. The standard InChI is InChI=1S/C12H22/c1-4-10(2)11(3)12-8-6-5-7-9-12/h10H,4-9H2,1-3H3. The van der Waals surface area contributed by atoms with Crippen molar-refractivity contribution in [2.24, 2.45) is 5.92 Å². The lowest BCUT2D eigenvalue weighted by Crippen LogP contribution is -2.02. The van der Waals surface area contributed by atoms with Gasteiger partial charge in [0.25, 0.3) is 0 Å². The largest absolute Gasteiger partial charge is 0.0713 e. The van der Waals surface area contributed by atoms with Gasteiger partial charge in [-0.3, -0.25) is 0 Å². The Morgan fingerprint density at radius 2 is 1.83 bits per heavy atom. The van der Waals surface area contributed by atoms with Crippen LogP contribution in [0.1, 0.15) is 59.3 Å². The number of rotatable bonds is 2. The maximum Gasteiger partial charge on any atom is -0.0234 e. The third-order valence-corrected chi connectivity index (χ3v) is 3.37. The Balaban J connectivity index is 2.59. The fraction of sp³-hybridized carbons (Fsp3) is 0.833. The van der Waals surface area contributed by atoms with Crippen molar-refractivity contribution in [2.45, 2.75) is 59.3 Å². The Morgan fingerprint density at radius 1 is 1.25 bits per heavy atom. The molecule has 0 N–H and O–H groups in total. The first-order chi connectivity index (χ1) is 5.75. The van der Waals surface area contributed by atoms with E-state index in [0.29, 0.717) is 0 Å². The van der Waals surface area contributed by atoms with E-state index >= 15 is 0 Å². The molecule has 0 heteroatoms. The third kappa shape index (κ3) is 2.36. The van der Waals surface area contributed by atoms with Crippen LogP contribution in [0.2, 0.25) is 0 Å². The van der Waals surface area contributed by atoms with Crippen LogP contribution < -0.4 is 0 Å². The van der Waals surface area contributed by atoms with Crippen LogP contribution in [0.5, 0.6) is 0 Å². The van der Waals surface area contributed by atoms with Crippen LogP contribution in [0.25, 0.3) is 0 Å². The highest BCUT2D eigenvalue weighted by atomic mass is 14.2. The minimum atomic E-state index is 0.818. The lowest BCUT2D eigenvalue weighted by Gasteiger charge is -2.20. The van der Waals surface area contributed by atoms with Crippen molar-refractivity contribution in [1.82, 2.24) is 0 Å². The van der Waals surface area contributed by atoms with Gasteiger partial charge in [0.2, 0.25) is 0 Å². The zero-order valence-electron chi connectivity index (χ0n) is 8.82. The third-order valence-electron chi connectivity index (χ3n) is 3.37. The minimum Gasteiger partial charge on any atom is -0.0713 e. The summed E-state index contributed by atoms with van der Waals surface area (Å²) >= 11 is 0. The average molecular weight is 166 g/mol. The van der Waals surface area contributed by atoms with Crippen molar-refractivity contribution < 1.29 is 0 Å². The molecule has 1 aliphatic carbocycles. The molecule has 12 heavy (non-hydrogen) atoms. The maximum absolute atomic E-state index is 2.36. The van der Waals surface area contributed by atoms with Gasteiger partial charge in [0.15, 0.2) is 0 Å². The predicted molar refractivity (Wildman–Crippen MR) is 55.2 cm³/mol. The number of hydrogen-bond donors (Lipinski definition) is 0. The first-order valence-electron chi connectivity index (χ1n) is 5.44.